The van der Waals surface area contributed by atoms with Gasteiger partial charge in [0.15, 0.2) is 5.69 Å². The van der Waals surface area contributed by atoms with Crippen molar-refractivity contribution in [3.05, 3.63) is 48.0 Å². The number of methoxy groups -OCH3 is 2. The van der Waals surface area contributed by atoms with E-state index in [1.54, 1.807) is 30.3 Å². The van der Waals surface area contributed by atoms with Gasteiger partial charge in [-0.15, -0.1) is 0 Å². The van der Waals surface area contributed by atoms with Crippen LogP contribution in [0.1, 0.15) is 61.6 Å². The molecule has 0 saturated carbocycles. The Morgan fingerprint density at radius 1 is 0.875 bits per heavy atom. The van der Waals surface area contributed by atoms with Gasteiger partial charge in [-0.25, -0.2) is 14.6 Å². The van der Waals surface area contributed by atoms with E-state index in [-0.39, 0.29) is 29.2 Å². The van der Waals surface area contributed by atoms with Crippen LogP contribution >= 0.6 is 0 Å². The van der Waals surface area contributed by atoms with Gasteiger partial charge in [-0.05, 0) is 42.9 Å². The molecule has 2 amide bonds. The fourth-order valence-electron chi connectivity index (χ4n) is 4.04. The van der Waals surface area contributed by atoms with E-state index < -0.39 is 35.8 Å². The largest absolute Gasteiger partial charge is 0.467 e. The first kappa shape index (κ1) is 30.1. The minimum atomic E-state index is -0.811. The Morgan fingerprint density at radius 3 is 2.02 bits per heavy atom. The number of rotatable bonds is 12. The van der Waals surface area contributed by atoms with Gasteiger partial charge in [0, 0.05) is 11.1 Å². The quantitative estimate of drug-likeness (QED) is 0.285. The van der Waals surface area contributed by atoms with E-state index in [1.165, 1.54) is 20.4 Å². The number of benzene rings is 1. The Labute approximate surface area is 232 Å². The molecule has 3 N–H and O–H groups in total. The summed E-state index contributed by atoms with van der Waals surface area (Å²) in [5.74, 6) is -1.71. The lowest BCUT2D eigenvalue weighted by Crippen LogP contribution is -2.42. The average Bonchev–Trinajstić information content (AvgIpc) is 3.62. The number of carbonyl (C=O) groups excluding carboxylic acids is 4. The molecule has 0 saturated heterocycles. The van der Waals surface area contributed by atoms with Gasteiger partial charge in [-0.3, -0.25) is 14.7 Å². The fraction of sp³-hybridized carbons (Fsp3) is 0.429. The zero-order valence-corrected chi connectivity index (χ0v) is 23.4. The predicted octanol–water partition coefficient (Wildman–Crippen LogP) is 3.37. The summed E-state index contributed by atoms with van der Waals surface area (Å²) >= 11 is 0. The second-order valence-electron chi connectivity index (χ2n) is 10.1. The second-order valence-corrected chi connectivity index (χ2v) is 10.1. The molecule has 1 aromatic carbocycles. The summed E-state index contributed by atoms with van der Waals surface area (Å²) in [4.78, 5) is 53.8. The van der Waals surface area contributed by atoms with Crippen LogP contribution in [0.4, 0.5) is 0 Å². The highest BCUT2D eigenvalue weighted by atomic mass is 16.5. The number of nitrogens with zero attached hydrogens (tertiary/aromatic N) is 2. The summed E-state index contributed by atoms with van der Waals surface area (Å²) in [5, 5.41) is 12.2. The van der Waals surface area contributed by atoms with Crippen molar-refractivity contribution in [1.82, 2.24) is 25.8 Å². The van der Waals surface area contributed by atoms with Gasteiger partial charge in [-0.2, -0.15) is 5.10 Å². The molecular weight excluding hydrogens is 518 g/mol. The summed E-state index contributed by atoms with van der Waals surface area (Å²) in [6, 6.07) is 7.05. The molecule has 0 aliphatic heterocycles. The monoisotopic (exact) mass is 553 g/mol. The number of oxazole rings is 1. The van der Waals surface area contributed by atoms with Crippen LogP contribution in [-0.4, -0.2) is 65.2 Å². The maximum Gasteiger partial charge on any atom is 0.328 e. The molecule has 12 heteroatoms. The standard InChI is InChI=1S/C28H35N5O7/c1-15(2)10-21(27(36)38-5)30-24(34)20-13-19(32-33-20)17-8-7-9-18(12-17)26-29-14-23(40-26)25(35)31-22(11-16(3)4)28(37)39-6/h7-9,12-16,21-22H,10-11H2,1-6H3,(H,30,34)(H,31,35)(H,32,33). The van der Waals surface area contributed by atoms with Crippen molar-refractivity contribution in [2.75, 3.05) is 14.2 Å². The van der Waals surface area contributed by atoms with E-state index in [0.29, 0.717) is 29.7 Å². The highest BCUT2D eigenvalue weighted by Gasteiger charge is 2.26. The van der Waals surface area contributed by atoms with Gasteiger partial charge in [0.05, 0.1) is 26.1 Å². The summed E-state index contributed by atoms with van der Waals surface area (Å²) in [6.45, 7) is 7.75. The summed E-state index contributed by atoms with van der Waals surface area (Å²) in [7, 11) is 2.54. The van der Waals surface area contributed by atoms with Crippen molar-refractivity contribution >= 4 is 23.8 Å². The number of hydrogen-bond acceptors (Lipinski definition) is 9. The number of H-pyrrole nitrogens is 1. The Hall–Kier alpha value is -4.48. The average molecular weight is 554 g/mol. The second kappa shape index (κ2) is 13.5. The number of aromatic amines is 1. The van der Waals surface area contributed by atoms with Crippen molar-refractivity contribution in [3.63, 3.8) is 0 Å². The number of nitrogens with one attached hydrogen (secondary N) is 3. The van der Waals surface area contributed by atoms with Gasteiger partial charge in [-0.1, -0.05) is 39.8 Å². The van der Waals surface area contributed by atoms with E-state index in [1.807, 2.05) is 27.7 Å². The van der Waals surface area contributed by atoms with E-state index in [0.717, 1.165) is 0 Å². The molecule has 0 spiro atoms. The molecule has 0 aliphatic carbocycles. The number of hydrogen-bond donors (Lipinski definition) is 3. The number of ether oxygens (including phenoxy) is 2. The van der Waals surface area contributed by atoms with Gasteiger partial charge < -0.3 is 24.5 Å². The molecule has 3 aromatic rings. The number of aromatic nitrogens is 3. The molecule has 12 nitrogen and oxygen atoms in total. The summed E-state index contributed by atoms with van der Waals surface area (Å²) in [6.07, 6.45) is 2.12. The van der Waals surface area contributed by atoms with Gasteiger partial charge >= 0.3 is 11.9 Å². The molecule has 0 aliphatic rings. The molecule has 3 rings (SSSR count). The molecule has 40 heavy (non-hydrogen) atoms. The van der Waals surface area contributed by atoms with Gasteiger partial charge in [0.2, 0.25) is 11.7 Å². The Morgan fingerprint density at radius 2 is 1.45 bits per heavy atom. The van der Waals surface area contributed by atoms with Crippen LogP contribution in [0, 0.1) is 11.8 Å². The minimum absolute atomic E-state index is 0.0554. The van der Waals surface area contributed by atoms with E-state index >= 15 is 0 Å². The van der Waals surface area contributed by atoms with Crippen molar-refractivity contribution in [1.29, 1.82) is 0 Å². The lowest BCUT2D eigenvalue weighted by atomic mass is 10.0. The van der Waals surface area contributed by atoms with Gasteiger partial charge in [0.25, 0.3) is 11.8 Å². The van der Waals surface area contributed by atoms with Crippen LogP contribution in [0.25, 0.3) is 22.7 Å². The topological polar surface area (TPSA) is 166 Å². The zero-order chi connectivity index (χ0) is 29.4. The van der Waals surface area contributed by atoms with Crippen LogP contribution in [0.3, 0.4) is 0 Å². The summed E-state index contributed by atoms with van der Waals surface area (Å²) < 4.78 is 15.3. The van der Waals surface area contributed by atoms with Crippen LogP contribution in [0.5, 0.6) is 0 Å². The Balaban J connectivity index is 1.74. The van der Waals surface area contributed by atoms with Crippen molar-refractivity contribution in [3.8, 4) is 22.7 Å². The molecule has 0 fully saturated rings. The first-order chi connectivity index (χ1) is 19.0. The molecular formula is C28H35N5O7. The Bertz CT molecular complexity index is 1250. The highest BCUT2D eigenvalue weighted by molar-refractivity contribution is 5.96. The predicted molar refractivity (Wildman–Crippen MR) is 145 cm³/mol. The van der Waals surface area contributed by atoms with Crippen molar-refractivity contribution in [2.24, 2.45) is 11.8 Å². The molecule has 2 aromatic heterocycles. The smallest absolute Gasteiger partial charge is 0.328 e. The first-order valence-electron chi connectivity index (χ1n) is 12.9. The SMILES string of the molecule is COC(=O)C(CC(C)C)NC(=O)c1cc(-c2cccc(-c3ncc(C(=O)NC(CC(C)C)C(=O)OC)o3)c2)[nH]n1. The fourth-order valence-corrected chi connectivity index (χ4v) is 4.04. The molecule has 2 unspecified atom stereocenters. The minimum Gasteiger partial charge on any atom is -0.467 e. The van der Waals surface area contributed by atoms with Crippen molar-refractivity contribution < 1.29 is 33.1 Å². The number of carbonyl (C=O) groups is 4. The zero-order valence-electron chi connectivity index (χ0n) is 23.4. The number of amides is 2. The maximum atomic E-state index is 12.8. The molecule has 0 radical (unpaired) electrons. The van der Waals surface area contributed by atoms with Crippen LogP contribution in [-0.2, 0) is 19.1 Å². The lowest BCUT2D eigenvalue weighted by molar-refractivity contribution is -0.144. The molecule has 0 bridgehead atoms. The third-order valence-electron chi connectivity index (χ3n) is 5.96. The van der Waals surface area contributed by atoms with Crippen molar-refractivity contribution in [2.45, 2.75) is 52.6 Å². The lowest BCUT2D eigenvalue weighted by Gasteiger charge is -2.17. The highest BCUT2D eigenvalue weighted by Crippen LogP contribution is 2.26. The number of esters is 2. The molecule has 2 heterocycles. The third-order valence-corrected chi connectivity index (χ3v) is 5.96. The molecule has 2 atom stereocenters. The summed E-state index contributed by atoms with van der Waals surface area (Å²) in [5.41, 5.74) is 1.91. The normalized spacial score (nSPS) is 12.6. The van der Waals surface area contributed by atoms with Gasteiger partial charge in [0.1, 0.15) is 12.1 Å². The van der Waals surface area contributed by atoms with E-state index in [9.17, 15) is 19.2 Å². The Kier molecular flexibility index (Phi) is 10.2. The third kappa shape index (κ3) is 7.78. The van der Waals surface area contributed by atoms with E-state index in [2.05, 4.69) is 25.8 Å². The van der Waals surface area contributed by atoms with Crippen LogP contribution in [0.2, 0.25) is 0 Å². The maximum absolute atomic E-state index is 12.8. The van der Waals surface area contributed by atoms with E-state index in [4.69, 9.17) is 13.9 Å². The van der Waals surface area contributed by atoms with Crippen LogP contribution < -0.4 is 10.6 Å². The van der Waals surface area contributed by atoms with Crippen LogP contribution in [0.15, 0.2) is 40.9 Å². The first-order valence-corrected chi connectivity index (χ1v) is 12.9. The molecule has 214 valence electrons.